The summed E-state index contributed by atoms with van der Waals surface area (Å²) >= 11 is 0. The fourth-order valence-electron chi connectivity index (χ4n) is 4.26. The third-order valence-corrected chi connectivity index (χ3v) is 5.91. The van der Waals surface area contributed by atoms with E-state index in [1.54, 1.807) is 0 Å². The van der Waals surface area contributed by atoms with Crippen molar-refractivity contribution >= 4 is 11.0 Å². The number of likely N-dealkylation sites (tertiary alicyclic amines) is 1. The molecule has 0 aliphatic carbocycles. The molecule has 1 aliphatic heterocycles. The first kappa shape index (κ1) is 19.0. The Bertz CT molecular complexity index is 909. The number of ether oxygens (including phenoxy) is 1. The summed E-state index contributed by atoms with van der Waals surface area (Å²) in [6, 6.07) is 17.0. The molecule has 2 heterocycles. The number of aromatic nitrogens is 2. The highest BCUT2D eigenvalue weighted by Gasteiger charge is 2.23. The molecule has 0 N–H and O–H groups in total. The molecular weight excluding hydrogens is 346 g/mol. The Labute approximate surface area is 168 Å². The van der Waals surface area contributed by atoms with Gasteiger partial charge in [-0.1, -0.05) is 43.2 Å². The number of hydrogen-bond donors (Lipinski definition) is 0. The van der Waals surface area contributed by atoms with E-state index in [1.807, 2.05) is 18.2 Å². The zero-order chi connectivity index (χ0) is 19.3. The van der Waals surface area contributed by atoms with Gasteiger partial charge in [-0.3, -0.25) is 4.90 Å². The van der Waals surface area contributed by atoms with Crippen LogP contribution >= 0.6 is 0 Å². The zero-order valence-electron chi connectivity index (χ0n) is 17.1. The van der Waals surface area contributed by atoms with E-state index in [1.165, 1.54) is 49.9 Å². The Morgan fingerprint density at radius 1 is 0.964 bits per heavy atom. The largest absolute Gasteiger partial charge is 0.491 e. The maximum absolute atomic E-state index is 6.10. The number of fused-ring (bicyclic) bond motifs is 1. The van der Waals surface area contributed by atoms with Gasteiger partial charge in [-0.2, -0.15) is 0 Å². The second-order valence-electron chi connectivity index (χ2n) is 7.85. The van der Waals surface area contributed by atoms with Crippen LogP contribution in [0.4, 0.5) is 0 Å². The van der Waals surface area contributed by atoms with E-state index in [4.69, 9.17) is 9.72 Å². The average molecular weight is 378 g/mol. The van der Waals surface area contributed by atoms with Crippen LogP contribution in [0.5, 0.6) is 5.75 Å². The lowest BCUT2D eigenvalue weighted by Crippen LogP contribution is -2.30. The minimum absolute atomic E-state index is 0.323. The standard InChI is InChI=1S/C24H31N3O/c1-19-11-5-8-14-23(19)28-18-17-27-22-13-7-6-12-21(22)25-24(27)20(2)26-15-9-3-4-10-16-26/h5-8,11-14,20H,3-4,9-10,15-18H2,1-2H3. The summed E-state index contributed by atoms with van der Waals surface area (Å²) in [7, 11) is 0. The van der Waals surface area contributed by atoms with E-state index in [0.717, 1.165) is 23.6 Å². The van der Waals surface area contributed by atoms with Crippen LogP contribution in [0.25, 0.3) is 11.0 Å². The molecule has 4 nitrogen and oxygen atoms in total. The number of hydrogen-bond acceptors (Lipinski definition) is 3. The molecule has 1 atom stereocenters. The topological polar surface area (TPSA) is 30.3 Å². The Morgan fingerprint density at radius 3 is 2.46 bits per heavy atom. The summed E-state index contributed by atoms with van der Waals surface area (Å²) in [6.45, 7) is 8.20. The number of nitrogens with zero attached hydrogens (tertiary/aromatic N) is 3. The van der Waals surface area contributed by atoms with Gasteiger partial charge in [-0.25, -0.2) is 4.98 Å². The van der Waals surface area contributed by atoms with Gasteiger partial charge >= 0.3 is 0 Å². The Balaban J connectivity index is 1.57. The highest BCUT2D eigenvalue weighted by molar-refractivity contribution is 5.76. The number of para-hydroxylation sites is 3. The summed E-state index contributed by atoms with van der Waals surface area (Å²) in [4.78, 5) is 7.63. The van der Waals surface area contributed by atoms with Crippen LogP contribution in [0.3, 0.4) is 0 Å². The first-order valence-electron chi connectivity index (χ1n) is 10.6. The molecule has 3 aromatic rings. The third kappa shape index (κ3) is 4.07. The van der Waals surface area contributed by atoms with Gasteiger partial charge in [0.05, 0.1) is 23.6 Å². The van der Waals surface area contributed by atoms with Gasteiger partial charge in [0, 0.05) is 0 Å². The van der Waals surface area contributed by atoms with Crippen molar-refractivity contribution in [2.75, 3.05) is 19.7 Å². The second kappa shape index (κ2) is 8.78. The number of rotatable bonds is 6. The Morgan fingerprint density at radius 2 is 1.68 bits per heavy atom. The van der Waals surface area contributed by atoms with E-state index >= 15 is 0 Å². The lowest BCUT2D eigenvalue weighted by Gasteiger charge is -2.27. The first-order valence-corrected chi connectivity index (χ1v) is 10.6. The van der Waals surface area contributed by atoms with E-state index in [2.05, 4.69) is 53.6 Å². The van der Waals surface area contributed by atoms with Gasteiger partial charge in [0.25, 0.3) is 0 Å². The molecule has 0 radical (unpaired) electrons. The molecular formula is C24H31N3O. The molecule has 0 bridgehead atoms. The minimum atomic E-state index is 0.323. The molecule has 0 amide bonds. The lowest BCUT2D eigenvalue weighted by molar-refractivity contribution is 0.204. The van der Waals surface area contributed by atoms with E-state index in [0.29, 0.717) is 12.6 Å². The van der Waals surface area contributed by atoms with Crippen LogP contribution in [0.2, 0.25) is 0 Å². The highest BCUT2D eigenvalue weighted by Crippen LogP contribution is 2.27. The summed E-state index contributed by atoms with van der Waals surface area (Å²) < 4.78 is 8.46. The van der Waals surface area contributed by atoms with Gasteiger partial charge in [0.15, 0.2) is 0 Å². The van der Waals surface area contributed by atoms with Gasteiger partial charge < -0.3 is 9.30 Å². The lowest BCUT2D eigenvalue weighted by atomic mass is 10.2. The Hall–Kier alpha value is -2.33. The quantitative estimate of drug-likeness (QED) is 0.579. The molecule has 0 spiro atoms. The van der Waals surface area contributed by atoms with Crippen LogP contribution in [-0.4, -0.2) is 34.1 Å². The average Bonchev–Trinajstić information content (AvgIpc) is 2.88. The van der Waals surface area contributed by atoms with Gasteiger partial charge in [-0.15, -0.1) is 0 Å². The molecule has 1 fully saturated rings. The van der Waals surface area contributed by atoms with Crippen LogP contribution in [0.15, 0.2) is 48.5 Å². The number of benzene rings is 2. The van der Waals surface area contributed by atoms with Crippen molar-refractivity contribution in [3.8, 4) is 5.75 Å². The predicted molar refractivity (Wildman–Crippen MR) is 115 cm³/mol. The molecule has 1 aliphatic rings. The Kier molecular flexibility index (Phi) is 5.96. The number of imidazole rings is 1. The second-order valence-corrected chi connectivity index (χ2v) is 7.85. The van der Waals surface area contributed by atoms with Crippen LogP contribution in [0.1, 0.15) is 50.0 Å². The van der Waals surface area contributed by atoms with Gasteiger partial charge in [0.2, 0.25) is 0 Å². The first-order chi connectivity index (χ1) is 13.7. The zero-order valence-corrected chi connectivity index (χ0v) is 17.1. The van der Waals surface area contributed by atoms with Gasteiger partial charge in [-0.05, 0) is 63.5 Å². The molecule has 1 aromatic heterocycles. The molecule has 1 saturated heterocycles. The van der Waals surface area contributed by atoms with Crippen molar-refractivity contribution in [1.82, 2.24) is 14.5 Å². The molecule has 4 heteroatoms. The maximum atomic E-state index is 6.10. The van der Waals surface area contributed by atoms with Crippen molar-refractivity contribution in [2.45, 2.75) is 52.1 Å². The highest BCUT2D eigenvalue weighted by atomic mass is 16.5. The fraction of sp³-hybridized carbons (Fsp3) is 0.458. The molecule has 1 unspecified atom stereocenters. The molecule has 148 valence electrons. The minimum Gasteiger partial charge on any atom is -0.491 e. The third-order valence-electron chi connectivity index (χ3n) is 5.91. The number of aryl methyl sites for hydroxylation is 1. The van der Waals surface area contributed by atoms with Crippen molar-refractivity contribution in [3.05, 3.63) is 59.9 Å². The van der Waals surface area contributed by atoms with Crippen molar-refractivity contribution in [1.29, 1.82) is 0 Å². The SMILES string of the molecule is Cc1ccccc1OCCn1c(C(C)N2CCCCCC2)nc2ccccc21. The van der Waals surface area contributed by atoms with E-state index in [9.17, 15) is 0 Å². The van der Waals surface area contributed by atoms with Crippen molar-refractivity contribution in [2.24, 2.45) is 0 Å². The summed E-state index contributed by atoms with van der Waals surface area (Å²) in [5.74, 6) is 2.13. The summed E-state index contributed by atoms with van der Waals surface area (Å²) in [5.41, 5.74) is 3.46. The molecule has 2 aromatic carbocycles. The summed E-state index contributed by atoms with van der Waals surface area (Å²) in [5, 5.41) is 0. The molecule has 4 rings (SSSR count). The van der Waals surface area contributed by atoms with E-state index < -0.39 is 0 Å². The maximum Gasteiger partial charge on any atom is 0.127 e. The van der Waals surface area contributed by atoms with Crippen LogP contribution < -0.4 is 4.74 Å². The van der Waals surface area contributed by atoms with Crippen molar-refractivity contribution < 1.29 is 4.74 Å². The molecule has 28 heavy (non-hydrogen) atoms. The van der Waals surface area contributed by atoms with E-state index in [-0.39, 0.29) is 0 Å². The molecule has 0 saturated carbocycles. The normalized spacial score (nSPS) is 16.8. The van der Waals surface area contributed by atoms with Crippen molar-refractivity contribution in [3.63, 3.8) is 0 Å². The van der Waals surface area contributed by atoms with Crippen LogP contribution in [-0.2, 0) is 6.54 Å². The smallest absolute Gasteiger partial charge is 0.127 e. The van der Waals surface area contributed by atoms with Gasteiger partial charge in [0.1, 0.15) is 18.2 Å². The summed E-state index contributed by atoms with van der Waals surface area (Å²) in [6.07, 6.45) is 5.29. The monoisotopic (exact) mass is 377 g/mol. The fourth-order valence-corrected chi connectivity index (χ4v) is 4.26. The predicted octanol–water partition coefficient (Wildman–Crippen LogP) is 5.36. The van der Waals surface area contributed by atoms with Crippen LogP contribution in [0, 0.1) is 6.92 Å².